The summed E-state index contributed by atoms with van der Waals surface area (Å²) in [6.45, 7) is 5.57. The molecule has 0 amide bonds. The Bertz CT molecular complexity index is 1280. The number of aryl methyl sites for hydroxylation is 2. The first kappa shape index (κ1) is 20.4. The second kappa shape index (κ2) is 7.77. The molecule has 0 unspecified atom stereocenters. The van der Waals surface area contributed by atoms with Crippen LogP contribution in [0.5, 0.6) is 0 Å². The number of Topliss-reactive ketones (excluding diaryl/α,β-unsaturated/α-hetero) is 1. The molecule has 0 spiro atoms. The van der Waals surface area contributed by atoms with Gasteiger partial charge in [0.25, 0.3) is 0 Å². The van der Waals surface area contributed by atoms with Crippen molar-refractivity contribution in [2.24, 2.45) is 0 Å². The maximum absolute atomic E-state index is 14.5. The van der Waals surface area contributed by atoms with Gasteiger partial charge in [0.15, 0.2) is 22.3 Å². The number of fused-ring (bicyclic) bond motifs is 2. The van der Waals surface area contributed by atoms with Crippen LogP contribution in [-0.2, 0) is 22.4 Å². The topological polar surface area (TPSA) is 73.8 Å². The summed E-state index contributed by atoms with van der Waals surface area (Å²) >= 11 is 6.02. The van der Waals surface area contributed by atoms with Crippen molar-refractivity contribution < 1.29 is 13.9 Å². The van der Waals surface area contributed by atoms with E-state index in [1.165, 1.54) is 6.07 Å². The molecule has 7 nitrogen and oxygen atoms in total. The van der Waals surface area contributed by atoms with Gasteiger partial charge in [0.1, 0.15) is 5.78 Å². The molecule has 0 aliphatic rings. The normalized spacial score (nSPS) is 12.7. The molecule has 0 saturated heterocycles. The number of imidazole rings is 1. The SMILES string of the molecule is CO[C@@H](C)c1c(CC(=O)Cc2cc(F)c3nc(C)c(C)n3c2)cnc2cc(Cl)nn12. The molecule has 0 aliphatic heterocycles. The average molecular weight is 430 g/mol. The highest BCUT2D eigenvalue weighted by Gasteiger charge is 2.20. The Morgan fingerprint density at radius 1 is 1.30 bits per heavy atom. The number of aromatic nitrogens is 5. The summed E-state index contributed by atoms with van der Waals surface area (Å²) in [5.74, 6) is -0.522. The molecule has 0 fully saturated rings. The van der Waals surface area contributed by atoms with E-state index >= 15 is 0 Å². The average Bonchev–Trinajstić information content (AvgIpc) is 3.21. The first-order valence-corrected chi connectivity index (χ1v) is 9.87. The summed E-state index contributed by atoms with van der Waals surface area (Å²) in [6.07, 6.45) is 3.29. The number of carbonyl (C=O) groups excluding carboxylic acids is 1. The van der Waals surface area contributed by atoms with Gasteiger partial charge in [-0.15, -0.1) is 0 Å². The van der Waals surface area contributed by atoms with Gasteiger partial charge in [-0.2, -0.15) is 5.10 Å². The lowest BCUT2D eigenvalue weighted by Crippen LogP contribution is -2.15. The molecule has 4 aromatic rings. The van der Waals surface area contributed by atoms with Crippen LogP contribution in [0.3, 0.4) is 0 Å². The van der Waals surface area contributed by atoms with Gasteiger partial charge in [0, 0.05) is 49.7 Å². The van der Waals surface area contributed by atoms with Gasteiger partial charge in [0.05, 0.1) is 17.5 Å². The highest BCUT2D eigenvalue weighted by Crippen LogP contribution is 2.24. The predicted molar refractivity (Wildman–Crippen MR) is 110 cm³/mol. The Hall–Kier alpha value is -2.84. The fourth-order valence-corrected chi connectivity index (χ4v) is 3.80. The highest BCUT2D eigenvalue weighted by molar-refractivity contribution is 6.29. The van der Waals surface area contributed by atoms with Crippen molar-refractivity contribution in [3.8, 4) is 0 Å². The Balaban J connectivity index is 1.65. The smallest absolute Gasteiger partial charge is 0.173 e. The van der Waals surface area contributed by atoms with Crippen molar-refractivity contribution in [3.63, 3.8) is 0 Å². The summed E-state index contributed by atoms with van der Waals surface area (Å²) in [4.78, 5) is 21.4. The van der Waals surface area contributed by atoms with Crippen molar-refractivity contribution >= 4 is 28.7 Å². The van der Waals surface area contributed by atoms with Crippen LogP contribution in [0.25, 0.3) is 11.3 Å². The van der Waals surface area contributed by atoms with Gasteiger partial charge in [-0.25, -0.2) is 18.9 Å². The van der Waals surface area contributed by atoms with Crippen LogP contribution in [0.4, 0.5) is 4.39 Å². The van der Waals surface area contributed by atoms with E-state index in [2.05, 4.69) is 15.1 Å². The van der Waals surface area contributed by atoms with Crippen LogP contribution < -0.4 is 0 Å². The highest BCUT2D eigenvalue weighted by atomic mass is 35.5. The fourth-order valence-electron chi connectivity index (χ4n) is 3.62. The largest absolute Gasteiger partial charge is 0.375 e. The maximum atomic E-state index is 14.5. The first-order valence-electron chi connectivity index (χ1n) is 9.49. The Kier molecular flexibility index (Phi) is 5.29. The van der Waals surface area contributed by atoms with Crippen LogP contribution in [-0.4, -0.2) is 36.9 Å². The molecule has 0 aliphatic carbocycles. The van der Waals surface area contributed by atoms with Gasteiger partial charge >= 0.3 is 0 Å². The molecule has 0 aromatic carbocycles. The summed E-state index contributed by atoms with van der Waals surface area (Å²) < 4.78 is 23.2. The lowest BCUT2D eigenvalue weighted by atomic mass is 10.0. The van der Waals surface area contributed by atoms with Crippen molar-refractivity contribution in [1.82, 2.24) is 24.0 Å². The Morgan fingerprint density at radius 3 is 2.80 bits per heavy atom. The predicted octanol–water partition coefficient (Wildman–Crippen LogP) is 3.85. The zero-order chi connectivity index (χ0) is 21.6. The number of halogens is 2. The van der Waals surface area contributed by atoms with Crippen LogP contribution in [0.1, 0.15) is 41.2 Å². The molecule has 156 valence electrons. The number of ether oxygens (including phenoxy) is 1. The van der Waals surface area contributed by atoms with Gasteiger partial charge < -0.3 is 9.14 Å². The van der Waals surface area contributed by atoms with E-state index in [0.29, 0.717) is 27.6 Å². The number of ketones is 1. The second-order valence-corrected chi connectivity index (χ2v) is 7.74. The standard InChI is InChI=1S/C21H21ClFN5O2/c1-11-12(2)27-10-14(6-17(23)21(27)25-11)5-16(29)7-15-9-24-19-8-18(22)26-28(19)20(15)13(3)30-4/h6,8-10,13H,5,7H2,1-4H3/t13-/m0/s1. The number of nitrogens with zero attached hydrogens (tertiary/aromatic N) is 5. The molecular weight excluding hydrogens is 409 g/mol. The van der Waals surface area contributed by atoms with Gasteiger partial charge in [-0.05, 0) is 32.4 Å². The van der Waals surface area contributed by atoms with Crippen LogP contribution >= 0.6 is 11.6 Å². The van der Waals surface area contributed by atoms with Crippen LogP contribution in [0.15, 0.2) is 24.5 Å². The van der Waals surface area contributed by atoms with E-state index in [-0.39, 0.29) is 30.4 Å². The van der Waals surface area contributed by atoms with Crippen molar-refractivity contribution in [1.29, 1.82) is 0 Å². The fraction of sp³-hybridized carbons (Fsp3) is 0.333. The number of methoxy groups -OCH3 is 1. The van der Waals surface area contributed by atoms with E-state index in [1.807, 2.05) is 20.8 Å². The number of hydrogen-bond acceptors (Lipinski definition) is 5. The second-order valence-electron chi connectivity index (χ2n) is 7.35. The first-order chi connectivity index (χ1) is 14.3. The maximum Gasteiger partial charge on any atom is 0.173 e. The lowest BCUT2D eigenvalue weighted by Gasteiger charge is -2.16. The minimum atomic E-state index is -0.445. The zero-order valence-electron chi connectivity index (χ0n) is 17.1. The zero-order valence-corrected chi connectivity index (χ0v) is 17.9. The third-order valence-corrected chi connectivity index (χ3v) is 5.49. The summed E-state index contributed by atoms with van der Waals surface area (Å²) in [5.41, 5.74) is 4.44. The molecule has 4 rings (SSSR count). The molecule has 0 saturated carbocycles. The van der Waals surface area contributed by atoms with E-state index < -0.39 is 5.82 Å². The molecule has 4 aromatic heterocycles. The summed E-state index contributed by atoms with van der Waals surface area (Å²) in [6, 6.07) is 3.01. The van der Waals surface area contributed by atoms with Crippen LogP contribution in [0, 0.1) is 19.7 Å². The third kappa shape index (κ3) is 3.57. The van der Waals surface area contributed by atoms with E-state index in [0.717, 1.165) is 11.4 Å². The summed E-state index contributed by atoms with van der Waals surface area (Å²) in [7, 11) is 1.58. The molecule has 0 radical (unpaired) electrons. The molecule has 9 heteroatoms. The van der Waals surface area contributed by atoms with E-state index in [1.54, 1.807) is 34.5 Å². The molecule has 0 bridgehead atoms. The minimum absolute atomic E-state index is 0.0767. The Labute approximate surface area is 177 Å². The molecule has 1 atom stereocenters. The van der Waals surface area contributed by atoms with Crippen LogP contribution in [0.2, 0.25) is 5.15 Å². The molecule has 30 heavy (non-hydrogen) atoms. The number of pyridine rings is 1. The molecule has 4 heterocycles. The Morgan fingerprint density at radius 2 is 2.07 bits per heavy atom. The lowest BCUT2D eigenvalue weighted by molar-refractivity contribution is -0.117. The van der Waals surface area contributed by atoms with Crippen molar-refractivity contribution in [2.45, 2.75) is 39.7 Å². The number of hydrogen-bond donors (Lipinski definition) is 0. The summed E-state index contributed by atoms with van der Waals surface area (Å²) in [5, 5.41) is 4.57. The molecule has 0 N–H and O–H groups in total. The van der Waals surface area contributed by atoms with Crippen molar-refractivity contribution in [2.75, 3.05) is 7.11 Å². The quantitative estimate of drug-likeness (QED) is 0.465. The number of rotatable bonds is 6. The van der Waals surface area contributed by atoms with Gasteiger partial charge in [-0.1, -0.05) is 11.6 Å². The third-order valence-electron chi connectivity index (χ3n) is 5.31. The number of carbonyl (C=O) groups is 1. The van der Waals surface area contributed by atoms with Gasteiger partial charge in [-0.3, -0.25) is 4.79 Å². The monoisotopic (exact) mass is 429 g/mol. The van der Waals surface area contributed by atoms with E-state index in [9.17, 15) is 9.18 Å². The molecular formula is C21H21ClFN5O2. The minimum Gasteiger partial charge on any atom is -0.375 e. The van der Waals surface area contributed by atoms with Crippen molar-refractivity contribution in [3.05, 3.63) is 63.7 Å². The van der Waals surface area contributed by atoms with E-state index in [4.69, 9.17) is 16.3 Å². The van der Waals surface area contributed by atoms with Gasteiger partial charge in [0.2, 0.25) is 0 Å².